The predicted octanol–water partition coefficient (Wildman–Crippen LogP) is 1.04. The molecule has 0 aliphatic rings. The van der Waals surface area contributed by atoms with Crippen LogP contribution in [0.25, 0.3) is 0 Å². The number of aromatic nitrogens is 2. The molecule has 1 aromatic carbocycles. The molecule has 0 fully saturated rings. The topological polar surface area (TPSA) is 88.5 Å². The van der Waals surface area contributed by atoms with E-state index in [2.05, 4.69) is 15.6 Å². The third-order valence-corrected chi connectivity index (χ3v) is 3.25. The lowest BCUT2D eigenvalue weighted by molar-refractivity contribution is 0.315. The molecule has 0 spiro atoms. The Kier molecular flexibility index (Phi) is 4.73. The standard InChI is InChI=1S/C14H19N5O/c1-19-12(7-8-17-19)9-16-10-13(14(15)18-20)11-5-3-2-4-6-11/h2-8,13,16,20H,9-10H2,1H3,(H2,15,18). The highest BCUT2D eigenvalue weighted by molar-refractivity contribution is 5.87. The highest BCUT2D eigenvalue weighted by Crippen LogP contribution is 2.15. The van der Waals surface area contributed by atoms with Crippen LogP contribution in [-0.2, 0) is 13.6 Å². The second-order valence-electron chi connectivity index (χ2n) is 4.57. The average molecular weight is 273 g/mol. The minimum absolute atomic E-state index is 0.158. The summed E-state index contributed by atoms with van der Waals surface area (Å²) in [5.41, 5.74) is 7.88. The van der Waals surface area contributed by atoms with Crippen LogP contribution in [0.15, 0.2) is 47.8 Å². The molecule has 0 bridgehead atoms. The number of rotatable bonds is 6. The zero-order chi connectivity index (χ0) is 14.4. The van der Waals surface area contributed by atoms with E-state index in [1.807, 2.05) is 48.1 Å². The molecular weight excluding hydrogens is 254 g/mol. The fourth-order valence-electron chi connectivity index (χ4n) is 2.07. The van der Waals surface area contributed by atoms with Gasteiger partial charge in [0.1, 0.15) is 5.84 Å². The van der Waals surface area contributed by atoms with Gasteiger partial charge in [0.05, 0.1) is 11.6 Å². The Hall–Kier alpha value is -2.34. The van der Waals surface area contributed by atoms with Gasteiger partial charge in [-0.2, -0.15) is 5.10 Å². The number of hydrogen-bond acceptors (Lipinski definition) is 4. The van der Waals surface area contributed by atoms with Gasteiger partial charge in [-0.15, -0.1) is 0 Å². The van der Waals surface area contributed by atoms with E-state index in [-0.39, 0.29) is 11.8 Å². The molecule has 1 heterocycles. The van der Waals surface area contributed by atoms with Crippen LogP contribution in [0, 0.1) is 0 Å². The molecule has 1 unspecified atom stereocenters. The van der Waals surface area contributed by atoms with Gasteiger partial charge in [0, 0.05) is 26.3 Å². The fraction of sp³-hybridized carbons (Fsp3) is 0.286. The first kappa shape index (κ1) is 14.1. The molecule has 0 aliphatic carbocycles. The second kappa shape index (κ2) is 6.72. The largest absolute Gasteiger partial charge is 0.409 e. The normalized spacial score (nSPS) is 13.3. The molecule has 20 heavy (non-hydrogen) atoms. The molecule has 0 saturated carbocycles. The maximum absolute atomic E-state index is 8.92. The van der Waals surface area contributed by atoms with Crippen LogP contribution in [0.2, 0.25) is 0 Å². The van der Waals surface area contributed by atoms with Crippen LogP contribution in [0.3, 0.4) is 0 Å². The van der Waals surface area contributed by atoms with Crippen molar-refractivity contribution >= 4 is 5.84 Å². The highest BCUT2D eigenvalue weighted by Gasteiger charge is 2.16. The Morgan fingerprint density at radius 3 is 2.75 bits per heavy atom. The van der Waals surface area contributed by atoms with Crippen molar-refractivity contribution in [3.8, 4) is 0 Å². The Morgan fingerprint density at radius 2 is 2.15 bits per heavy atom. The Morgan fingerprint density at radius 1 is 1.40 bits per heavy atom. The fourth-order valence-corrected chi connectivity index (χ4v) is 2.07. The lowest BCUT2D eigenvalue weighted by Crippen LogP contribution is -2.31. The first-order valence-corrected chi connectivity index (χ1v) is 6.42. The van der Waals surface area contributed by atoms with Crippen molar-refractivity contribution in [3.63, 3.8) is 0 Å². The summed E-state index contributed by atoms with van der Waals surface area (Å²) in [6.07, 6.45) is 1.76. The minimum atomic E-state index is -0.158. The molecule has 6 nitrogen and oxygen atoms in total. The molecule has 106 valence electrons. The van der Waals surface area contributed by atoms with Gasteiger partial charge in [0.15, 0.2) is 0 Å². The number of aryl methyl sites for hydroxylation is 1. The van der Waals surface area contributed by atoms with Crippen LogP contribution in [0.4, 0.5) is 0 Å². The molecule has 1 atom stereocenters. The summed E-state index contributed by atoms with van der Waals surface area (Å²) in [5.74, 6) is 0.0446. The second-order valence-corrected chi connectivity index (χ2v) is 4.57. The van der Waals surface area contributed by atoms with Crippen molar-refractivity contribution < 1.29 is 5.21 Å². The minimum Gasteiger partial charge on any atom is -0.409 e. The van der Waals surface area contributed by atoms with Gasteiger partial charge in [-0.05, 0) is 11.6 Å². The number of nitrogens with zero attached hydrogens (tertiary/aromatic N) is 3. The van der Waals surface area contributed by atoms with Crippen molar-refractivity contribution in [2.24, 2.45) is 17.9 Å². The number of amidine groups is 1. The van der Waals surface area contributed by atoms with Gasteiger partial charge in [-0.3, -0.25) is 4.68 Å². The van der Waals surface area contributed by atoms with Gasteiger partial charge >= 0.3 is 0 Å². The quantitative estimate of drug-likeness (QED) is 0.317. The molecular formula is C14H19N5O. The van der Waals surface area contributed by atoms with Crippen molar-refractivity contribution in [1.29, 1.82) is 0 Å². The lowest BCUT2D eigenvalue weighted by atomic mass is 9.98. The summed E-state index contributed by atoms with van der Waals surface area (Å²) in [7, 11) is 1.90. The Bertz CT molecular complexity index is 564. The summed E-state index contributed by atoms with van der Waals surface area (Å²) >= 11 is 0. The van der Waals surface area contributed by atoms with Crippen molar-refractivity contribution in [1.82, 2.24) is 15.1 Å². The van der Waals surface area contributed by atoms with Crippen molar-refractivity contribution in [2.75, 3.05) is 6.54 Å². The lowest BCUT2D eigenvalue weighted by Gasteiger charge is -2.16. The zero-order valence-corrected chi connectivity index (χ0v) is 11.4. The maximum atomic E-state index is 8.92. The summed E-state index contributed by atoms with van der Waals surface area (Å²) in [6, 6.07) is 11.7. The van der Waals surface area contributed by atoms with Crippen LogP contribution >= 0.6 is 0 Å². The molecule has 0 radical (unpaired) electrons. The van der Waals surface area contributed by atoms with Gasteiger partial charge in [0.25, 0.3) is 0 Å². The van der Waals surface area contributed by atoms with Crippen molar-refractivity contribution in [2.45, 2.75) is 12.5 Å². The molecule has 6 heteroatoms. The van der Waals surface area contributed by atoms with E-state index < -0.39 is 0 Å². The average Bonchev–Trinajstić information content (AvgIpc) is 2.89. The summed E-state index contributed by atoms with van der Waals surface area (Å²) in [5, 5.41) is 19.5. The molecule has 4 N–H and O–H groups in total. The monoisotopic (exact) mass is 273 g/mol. The SMILES string of the molecule is Cn1nccc1CNCC(C(N)=NO)c1ccccc1. The van der Waals surface area contributed by atoms with E-state index in [4.69, 9.17) is 10.9 Å². The summed E-state index contributed by atoms with van der Waals surface area (Å²) in [6.45, 7) is 1.27. The van der Waals surface area contributed by atoms with Gasteiger partial charge in [0.2, 0.25) is 0 Å². The van der Waals surface area contributed by atoms with E-state index in [0.29, 0.717) is 13.1 Å². The number of oxime groups is 1. The third-order valence-electron chi connectivity index (χ3n) is 3.25. The molecule has 1 aromatic heterocycles. The number of nitrogens with one attached hydrogen (secondary N) is 1. The van der Waals surface area contributed by atoms with E-state index in [1.165, 1.54) is 0 Å². The zero-order valence-electron chi connectivity index (χ0n) is 11.4. The molecule has 0 saturated heterocycles. The smallest absolute Gasteiger partial charge is 0.147 e. The Labute approximate surface area is 117 Å². The number of hydrogen-bond donors (Lipinski definition) is 3. The number of benzene rings is 1. The third kappa shape index (κ3) is 3.36. The first-order valence-electron chi connectivity index (χ1n) is 6.42. The van der Waals surface area contributed by atoms with Crippen LogP contribution in [-0.4, -0.2) is 27.4 Å². The predicted molar refractivity (Wildman–Crippen MR) is 77.5 cm³/mol. The molecule has 2 aromatic rings. The van der Waals surface area contributed by atoms with E-state index in [0.717, 1.165) is 11.3 Å². The first-order chi connectivity index (χ1) is 9.72. The molecule has 2 rings (SSSR count). The highest BCUT2D eigenvalue weighted by atomic mass is 16.4. The van der Waals surface area contributed by atoms with E-state index in [9.17, 15) is 0 Å². The van der Waals surface area contributed by atoms with Gasteiger partial charge in [-0.25, -0.2) is 0 Å². The van der Waals surface area contributed by atoms with E-state index in [1.54, 1.807) is 6.20 Å². The van der Waals surface area contributed by atoms with Gasteiger partial charge in [-0.1, -0.05) is 35.5 Å². The molecule has 0 amide bonds. The van der Waals surface area contributed by atoms with Crippen molar-refractivity contribution in [3.05, 3.63) is 53.9 Å². The van der Waals surface area contributed by atoms with Gasteiger partial charge < -0.3 is 16.3 Å². The molecule has 0 aliphatic heterocycles. The summed E-state index contributed by atoms with van der Waals surface area (Å²) < 4.78 is 1.81. The summed E-state index contributed by atoms with van der Waals surface area (Å²) in [4.78, 5) is 0. The van der Waals surface area contributed by atoms with Crippen LogP contribution < -0.4 is 11.1 Å². The van der Waals surface area contributed by atoms with E-state index >= 15 is 0 Å². The van der Waals surface area contributed by atoms with Crippen LogP contribution in [0.1, 0.15) is 17.2 Å². The number of nitrogens with two attached hydrogens (primary N) is 1. The Balaban J connectivity index is 2.01. The van der Waals surface area contributed by atoms with Crippen LogP contribution in [0.5, 0.6) is 0 Å². The maximum Gasteiger partial charge on any atom is 0.147 e.